The second-order valence-corrected chi connectivity index (χ2v) is 9.53. The number of aromatic nitrogens is 1. The molecule has 0 radical (unpaired) electrons. The lowest BCUT2D eigenvalue weighted by Crippen LogP contribution is -2.47. The fraction of sp³-hybridized carbons (Fsp3) is 0.833. The van der Waals surface area contributed by atoms with Crippen molar-refractivity contribution in [1.82, 2.24) is 10.1 Å². The van der Waals surface area contributed by atoms with E-state index >= 15 is 0 Å². The first-order chi connectivity index (χ1) is 10.6. The molecule has 0 N–H and O–H groups in total. The van der Waals surface area contributed by atoms with Crippen molar-refractivity contribution in [2.24, 2.45) is 11.8 Å². The molecule has 4 atom stereocenters. The normalized spacial score (nSPS) is 42.7. The van der Waals surface area contributed by atoms with Crippen molar-refractivity contribution in [1.29, 1.82) is 0 Å². The topological polar surface area (TPSA) is 29.3 Å². The zero-order valence-electron chi connectivity index (χ0n) is 13.7. The first kappa shape index (κ1) is 15.4. The molecule has 22 heavy (non-hydrogen) atoms. The van der Waals surface area contributed by atoms with Crippen LogP contribution in [0.4, 0.5) is 0 Å². The molecule has 2 bridgehead atoms. The Labute approximate surface area is 147 Å². The van der Waals surface area contributed by atoms with Crippen LogP contribution in [0.2, 0.25) is 0 Å². The highest BCUT2D eigenvalue weighted by atomic mass is 127. The molecule has 0 spiro atoms. The van der Waals surface area contributed by atoms with Crippen molar-refractivity contribution in [3.8, 4) is 0 Å². The van der Waals surface area contributed by atoms with Crippen LogP contribution in [0.3, 0.4) is 0 Å². The van der Waals surface area contributed by atoms with Crippen LogP contribution in [-0.2, 0) is 0 Å². The minimum Gasteiger partial charge on any atom is -0.361 e. The second-order valence-electron chi connectivity index (χ2n) is 7.77. The zero-order valence-corrected chi connectivity index (χ0v) is 15.8. The van der Waals surface area contributed by atoms with E-state index in [4.69, 9.17) is 4.52 Å². The molecule has 1 saturated carbocycles. The van der Waals surface area contributed by atoms with Gasteiger partial charge in [0, 0.05) is 28.0 Å². The Hall–Kier alpha value is -0.100. The van der Waals surface area contributed by atoms with E-state index in [-0.39, 0.29) is 0 Å². The quantitative estimate of drug-likeness (QED) is 0.526. The van der Waals surface area contributed by atoms with Gasteiger partial charge < -0.3 is 4.52 Å². The number of nitrogens with zero attached hydrogens (tertiary/aromatic N) is 2. The van der Waals surface area contributed by atoms with E-state index in [0.717, 1.165) is 33.3 Å². The highest BCUT2D eigenvalue weighted by Crippen LogP contribution is 2.52. The number of rotatable bonds is 2. The number of likely N-dealkylation sites (N-methyl/N-ethyl adjacent to an activating group) is 1. The van der Waals surface area contributed by atoms with Gasteiger partial charge in [0.1, 0.15) is 5.76 Å². The summed E-state index contributed by atoms with van der Waals surface area (Å²) in [4.78, 5) is 2.64. The van der Waals surface area contributed by atoms with Gasteiger partial charge in [-0.2, -0.15) is 0 Å². The summed E-state index contributed by atoms with van der Waals surface area (Å²) >= 11 is 2.64. The van der Waals surface area contributed by atoms with Crippen molar-refractivity contribution >= 4 is 22.6 Å². The van der Waals surface area contributed by atoms with Gasteiger partial charge in [-0.15, -0.1) is 0 Å². The first-order valence-corrected chi connectivity index (χ1v) is 10.2. The van der Waals surface area contributed by atoms with Gasteiger partial charge in [0.25, 0.3) is 0 Å². The van der Waals surface area contributed by atoms with E-state index in [1.165, 1.54) is 44.9 Å². The van der Waals surface area contributed by atoms with E-state index < -0.39 is 0 Å². The van der Waals surface area contributed by atoms with Crippen LogP contribution in [0.15, 0.2) is 10.6 Å². The molecule has 2 aliphatic heterocycles. The minimum atomic E-state index is 0.570. The predicted molar refractivity (Wildman–Crippen MR) is 96.4 cm³/mol. The lowest BCUT2D eigenvalue weighted by Gasteiger charge is -2.46. The van der Waals surface area contributed by atoms with Gasteiger partial charge in [-0.1, -0.05) is 27.7 Å². The predicted octanol–water partition coefficient (Wildman–Crippen LogP) is 4.54. The molecular weight excluding hydrogens is 387 g/mol. The highest BCUT2D eigenvalue weighted by molar-refractivity contribution is 14.1. The molecule has 3 aliphatic rings. The van der Waals surface area contributed by atoms with Crippen molar-refractivity contribution in [2.45, 2.75) is 73.8 Å². The standard InChI is InChI=1S/C18H27IN2O/c1-11-9-17(22-20-11)18-15(12-3-5-13(19)6-4-12)10-14-7-8-16(18)21(14)2/h9,12-16,18H,3-8,10H2,1-2H3/t12?,13?,14-,15-,16?,18?/m1/s1. The fourth-order valence-electron chi connectivity index (χ4n) is 5.44. The third-order valence-corrected chi connectivity index (χ3v) is 7.84. The van der Waals surface area contributed by atoms with Crippen LogP contribution in [0, 0.1) is 18.8 Å². The summed E-state index contributed by atoms with van der Waals surface area (Å²) in [6.45, 7) is 2.05. The lowest BCUT2D eigenvalue weighted by molar-refractivity contribution is 0.0525. The van der Waals surface area contributed by atoms with Crippen LogP contribution in [0.5, 0.6) is 0 Å². The smallest absolute Gasteiger partial charge is 0.141 e. The SMILES string of the molecule is Cc1cc(C2C3CC[C@H](C[C@@H]2C2CCC(I)CC2)N3C)on1. The van der Waals surface area contributed by atoms with Gasteiger partial charge in [0.05, 0.1) is 5.69 Å². The number of hydrogen-bond acceptors (Lipinski definition) is 3. The molecule has 0 amide bonds. The summed E-state index contributed by atoms with van der Waals surface area (Å²) in [7, 11) is 2.33. The Kier molecular flexibility index (Phi) is 4.26. The summed E-state index contributed by atoms with van der Waals surface area (Å²) < 4.78 is 6.67. The van der Waals surface area contributed by atoms with Crippen molar-refractivity contribution in [3.63, 3.8) is 0 Å². The van der Waals surface area contributed by atoms with Gasteiger partial charge in [-0.25, -0.2) is 0 Å². The average molecular weight is 414 g/mol. The van der Waals surface area contributed by atoms with Crippen molar-refractivity contribution in [3.05, 3.63) is 17.5 Å². The van der Waals surface area contributed by atoms with Crippen LogP contribution >= 0.6 is 22.6 Å². The van der Waals surface area contributed by atoms with Gasteiger partial charge in [-0.05, 0) is 70.8 Å². The molecule has 2 unspecified atom stereocenters. The molecule has 122 valence electrons. The third kappa shape index (κ3) is 2.64. The molecule has 3 fully saturated rings. The lowest BCUT2D eigenvalue weighted by atomic mass is 9.67. The maximum Gasteiger partial charge on any atom is 0.141 e. The fourth-order valence-corrected chi connectivity index (χ4v) is 6.16. The Morgan fingerprint density at radius 1 is 1.18 bits per heavy atom. The number of hydrogen-bond donors (Lipinski definition) is 0. The summed E-state index contributed by atoms with van der Waals surface area (Å²) in [5.41, 5.74) is 1.03. The molecule has 1 aliphatic carbocycles. The number of halogens is 1. The maximum atomic E-state index is 5.77. The maximum absolute atomic E-state index is 5.77. The summed E-state index contributed by atoms with van der Waals surface area (Å²) in [5.74, 6) is 3.44. The Morgan fingerprint density at radius 2 is 1.95 bits per heavy atom. The van der Waals surface area contributed by atoms with E-state index in [0.29, 0.717) is 12.0 Å². The number of fused-ring (bicyclic) bond motifs is 2. The summed E-state index contributed by atoms with van der Waals surface area (Å²) in [6.07, 6.45) is 9.75. The first-order valence-electron chi connectivity index (χ1n) is 8.92. The number of aryl methyl sites for hydroxylation is 1. The van der Waals surface area contributed by atoms with E-state index in [1.54, 1.807) is 0 Å². The molecule has 0 aromatic carbocycles. The van der Waals surface area contributed by atoms with E-state index in [9.17, 15) is 0 Å². The number of alkyl halides is 1. The van der Waals surface area contributed by atoms with Gasteiger partial charge in [0.15, 0.2) is 0 Å². The average Bonchev–Trinajstić information content (AvgIpc) is 3.02. The summed E-state index contributed by atoms with van der Waals surface area (Å²) in [5, 5.41) is 4.20. The second kappa shape index (κ2) is 6.08. The molecule has 3 nitrogen and oxygen atoms in total. The Bertz CT molecular complexity index is 523. The largest absolute Gasteiger partial charge is 0.361 e. The highest BCUT2D eigenvalue weighted by Gasteiger charge is 2.49. The monoisotopic (exact) mass is 414 g/mol. The molecule has 2 saturated heterocycles. The van der Waals surface area contributed by atoms with Crippen LogP contribution in [-0.4, -0.2) is 33.1 Å². The molecule has 3 heterocycles. The zero-order chi connectivity index (χ0) is 15.3. The third-order valence-electron chi connectivity index (χ3n) is 6.60. The van der Waals surface area contributed by atoms with Crippen LogP contribution in [0.1, 0.15) is 62.3 Å². The van der Waals surface area contributed by atoms with Gasteiger partial charge >= 0.3 is 0 Å². The molecule has 1 aromatic heterocycles. The van der Waals surface area contributed by atoms with E-state index in [1.807, 2.05) is 6.92 Å². The number of piperidine rings is 1. The molecule has 1 aromatic rings. The van der Waals surface area contributed by atoms with Crippen LogP contribution in [0.25, 0.3) is 0 Å². The van der Waals surface area contributed by atoms with Crippen molar-refractivity contribution in [2.75, 3.05) is 7.05 Å². The Morgan fingerprint density at radius 3 is 2.64 bits per heavy atom. The Balaban J connectivity index is 1.63. The molecular formula is C18H27IN2O. The molecule has 4 rings (SSSR count). The minimum absolute atomic E-state index is 0.570. The van der Waals surface area contributed by atoms with Crippen molar-refractivity contribution < 1.29 is 4.52 Å². The van der Waals surface area contributed by atoms with Gasteiger partial charge in [-0.3, -0.25) is 4.90 Å². The molecule has 4 heteroatoms. The van der Waals surface area contributed by atoms with Crippen LogP contribution < -0.4 is 0 Å². The van der Waals surface area contributed by atoms with E-state index in [2.05, 4.69) is 45.8 Å². The summed E-state index contributed by atoms with van der Waals surface area (Å²) in [6, 6.07) is 3.69. The van der Waals surface area contributed by atoms with Gasteiger partial charge in [0.2, 0.25) is 0 Å².